The Morgan fingerprint density at radius 1 is 0.923 bits per heavy atom. The van der Waals surface area contributed by atoms with E-state index in [0.29, 0.717) is 21.0 Å². The van der Waals surface area contributed by atoms with Crippen LogP contribution in [-0.2, 0) is 4.74 Å². The number of benzene rings is 4. The van der Waals surface area contributed by atoms with Crippen LogP contribution in [0.25, 0.3) is 43.4 Å². The highest BCUT2D eigenvalue weighted by molar-refractivity contribution is 7.21. The number of nitrogens with zero attached hydrogens (tertiary/aromatic N) is 2. The van der Waals surface area contributed by atoms with E-state index in [1.54, 1.807) is 19.2 Å². The minimum atomic E-state index is -0.449. The van der Waals surface area contributed by atoms with Crippen LogP contribution in [0.3, 0.4) is 0 Å². The second-order valence-electron chi connectivity index (χ2n) is 8.95. The molecule has 39 heavy (non-hydrogen) atoms. The molecule has 4 aromatic carbocycles. The second-order valence-corrected chi connectivity index (χ2v) is 9.94. The van der Waals surface area contributed by atoms with Crippen molar-refractivity contribution in [1.29, 1.82) is 0 Å². The SMILES string of the molecule is CCOC(=O)c1sc2nc(-c3ccccc3)cc(-c3ccccc3)c2c1N=Cc1c(O)ccc2ccccc12. The number of aromatic hydroxyl groups is 1. The molecule has 2 aromatic heterocycles. The number of hydrogen-bond acceptors (Lipinski definition) is 6. The molecule has 5 nitrogen and oxygen atoms in total. The summed E-state index contributed by atoms with van der Waals surface area (Å²) in [6.45, 7) is 2.03. The van der Waals surface area contributed by atoms with E-state index in [-0.39, 0.29) is 12.4 Å². The number of phenolic OH excluding ortho intramolecular Hbond substituents is 1. The fourth-order valence-electron chi connectivity index (χ4n) is 4.69. The van der Waals surface area contributed by atoms with Crippen LogP contribution in [0.2, 0.25) is 0 Å². The van der Waals surface area contributed by atoms with Crippen LogP contribution in [0, 0.1) is 0 Å². The van der Waals surface area contributed by atoms with Crippen molar-refractivity contribution in [3.63, 3.8) is 0 Å². The first-order valence-corrected chi connectivity index (χ1v) is 13.5. The van der Waals surface area contributed by atoms with Gasteiger partial charge < -0.3 is 9.84 Å². The molecule has 0 radical (unpaired) electrons. The van der Waals surface area contributed by atoms with Crippen LogP contribution in [0.1, 0.15) is 22.2 Å². The van der Waals surface area contributed by atoms with Crippen molar-refractivity contribution >= 4 is 50.2 Å². The largest absolute Gasteiger partial charge is 0.507 e. The zero-order valence-electron chi connectivity index (χ0n) is 21.2. The molecule has 6 rings (SSSR count). The maximum atomic E-state index is 13.2. The van der Waals surface area contributed by atoms with Crippen LogP contribution < -0.4 is 0 Å². The second kappa shape index (κ2) is 10.5. The molecule has 2 heterocycles. The summed E-state index contributed by atoms with van der Waals surface area (Å²) in [6.07, 6.45) is 1.63. The van der Waals surface area contributed by atoms with Crippen molar-refractivity contribution in [3.8, 4) is 28.1 Å². The number of carbonyl (C=O) groups excluding carboxylic acids is 1. The van der Waals surface area contributed by atoms with Crippen LogP contribution in [-0.4, -0.2) is 28.9 Å². The summed E-state index contributed by atoms with van der Waals surface area (Å²) in [4.78, 5) is 24.0. The van der Waals surface area contributed by atoms with E-state index in [2.05, 4.69) is 0 Å². The molecule has 0 aliphatic heterocycles. The number of aromatic nitrogens is 1. The molecular formula is C33H24N2O3S. The monoisotopic (exact) mass is 528 g/mol. The Bertz CT molecular complexity index is 1840. The number of esters is 1. The predicted octanol–water partition coefficient (Wildman–Crippen LogP) is 8.42. The van der Waals surface area contributed by atoms with Crippen molar-refractivity contribution in [3.05, 3.63) is 114 Å². The third kappa shape index (κ3) is 4.67. The van der Waals surface area contributed by atoms with Crippen LogP contribution in [0.15, 0.2) is 108 Å². The van der Waals surface area contributed by atoms with Crippen molar-refractivity contribution in [2.45, 2.75) is 6.92 Å². The molecule has 0 fully saturated rings. The fraction of sp³-hybridized carbons (Fsp3) is 0.0606. The minimum Gasteiger partial charge on any atom is -0.507 e. The Balaban J connectivity index is 1.64. The lowest BCUT2D eigenvalue weighted by atomic mass is 9.99. The highest BCUT2D eigenvalue weighted by Gasteiger charge is 2.24. The van der Waals surface area contributed by atoms with E-state index >= 15 is 0 Å². The van der Waals surface area contributed by atoms with Crippen molar-refractivity contribution in [1.82, 2.24) is 4.98 Å². The van der Waals surface area contributed by atoms with E-state index in [1.165, 1.54) is 11.3 Å². The molecule has 6 heteroatoms. The molecule has 0 aliphatic carbocycles. The van der Waals surface area contributed by atoms with Gasteiger partial charge in [0, 0.05) is 22.7 Å². The van der Waals surface area contributed by atoms with Crippen LogP contribution >= 0.6 is 11.3 Å². The Hall–Kier alpha value is -4.81. The maximum Gasteiger partial charge on any atom is 0.350 e. The highest BCUT2D eigenvalue weighted by Crippen LogP contribution is 2.44. The molecule has 0 amide bonds. The highest BCUT2D eigenvalue weighted by atomic mass is 32.1. The Kier molecular flexibility index (Phi) is 6.61. The summed E-state index contributed by atoms with van der Waals surface area (Å²) >= 11 is 1.27. The third-order valence-electron chi connectivity index (χ3n) is 6.52. The van der Waals surface area contributed by atoms with Gasteiger partial charge in [-0.25, -0.2) is 9.78 Å². The van der Waals surface area contributed by atoms with Gasteiger partial charge in [-0.1, -0.05) is 91.0 Å². The van der Waals surface area contributed by atoms with Gasteiger partial charge in [0.2, 0.25) is 0 Å². The first-order valence-electron chi connectivity index (χ1n) is 12.6. The van der Waals surface area contributed by atoms with E-state index in [9.17, 15) is 9.90 Å². The van der Waals surface area contributed by atoms with Gasteiger partial charge in [-0.15, -0.1) is 11.3 Å². The van der Waals surface area contributed by atoms with Crippen molar-refractivity contribution in [2.24, 2.45) is 4.99 Å². The lowest BCUT2D eigenvalue weighted by Crippen LogP contribution is -2.02. The molecule has 6 aromatic rings. The molecule has 0 atom stereocenters. The molecule has 0 bridgehead atoms. The maximum absolute atomic E-state index is 13.2. The summed E-state index contributed by atoms with van der Waals surface area (Å²) in [7, 11) is 0. The van der Waals surface area contributed by atoms with Crippen molar-refractivity contribution in [2.75, 3.05) is 6.61 Å². The molecule has 0 aliphatic rings. The summed E-state index contributed by atoms with van der Waals surface area (Å²) < 4.78 is 5.43. The number of hydrogen-bond donors (Lipinski definition) is 1. The van der Waals surface area contributed by atoms with E-state index in [4.69, 9.17) is 14.7 Å². The Morgan fingerprint density at radius 3 is 2.36 bits per heavy atom. The molecule has 0 spiro atoms. The van der Waals surface area contributed by atoms with E-state index < -0.39 is 5.97 Å². The quantitative estimate of drug-likeness (QED) is 0.174. The number of rotatable bonds is 6. The minimum absolute atomic E-state index is 0.113. The van der Waals surface area contributed by atoms with Gasteiger partial charge >= 0.3 is 5.97 Å². The van der Waals surface area contributed by atoms with Gasteiger partial charge in [0.1, 0.15) is 15.5 Å². The zero-order valence-corrected chi connectivity index (χ0v) is 22.0. The predicted molar refractivity (Wildman–Crippen MR) is 159 cm³/mol. The van der Waals surface area contributed by atoms with Crippen LogP contribution in [0.5, 0.6) is 5.75 Å². The number of ether oxygens (including phenoxy) is 1. The fourth-order valence-corrected chi connectivity index (χ4v) is 5.73. The molecule has 0 unspecified atom stereocenters. The molecule has 190 valence electrons. The van der Waals surface area contributed by atoms with Gasteiger partial charge in [-0.2, -0.15) is 0 Å². The molecule has 1 N–H and O–H groups in total. The number of pyridine rings is 1. The van der Waals surface area contributed by atoms with Crippen LogP contribution in [0.4, 0.5) is 5.69 Å². The number of carbonyl (C=O) groups is 1. The Labute approximate surface area is 229 Å². The molecular weight excluding hydrogens is 504 g/mol. The smallest absolute Gasteiger partial charge is 0.350 e. The van der Waals surface area contributed by atoms with Crippen molar-refractivity contribution < 1.29 is 14.6 Å². The third-order valence-corrected chi connectivity index (χ3v) is 7.58. The van der Waals surface area contributed by atoms with Gasteiger partial charge in [-0.05, 0) is 41.0 Å². The Morgan fingerprint density at radius 2 is 1.62 bits per heavy atom. The summed E-state index contributed by atoms with van der Waals surface area (Å²) in [5.74, 6) is -0.336. The molecule has 0 saturated carbocycles. The number of thiophene rings is 1. The lowest BCUT2D eigenvalue weighted by molar-refractivity contribution is 0.0533. The summed E-state index contributed by atoms with van der Waals surface area (Å²) in [5.41, 5.74) is 4.75. The van der Waals surface area contributed by atoms with E-state index in [0.717, 1.165) is 38.5 Å². The van der Waals surface area contributed by atoms with Gasteiger partial charge in [0.15, 0.2) is 0 Å². The molecule has 0 saturated heterocycles. The standard InChI is InChI=1S/C33H24N2O3S/c1-2-38-33(37)31-30(34-20-26-24-16-10-9-13-22(24)17-18-28(26)36)29-25(21-11-5-3-6-12-21)19-27(35-32(29)39-31)23-14-7-4-8-15-23/h3-20,36H,2H2,1H3. The number of fused-ring (bicyclic) bond motifs is 2. The average Bonchev–Trinajstić information content (AvgIpc) is 3.36. The normalized spacial score (nSPS) is 11.4. The topological polar surface area (TPSA) is 71.8 Å². The summed E-state index contributed by atoms with van der Waals surface area (Å²) in [5, 5.41) is 13.3. The van der Waals surface area contributed by atoms with Gasteiger partial charge in [0.05, 0.1) is 18.0 Å². The average molecular weight is 529 g/mol. The lowest BCUT2D eigenvalue weighted by Gasteiger charge is -2.09. The number of phenols is 1. The first kappa shape index (κ1) is 24.5. The van der Waals surface area contributed by atoms with Gasteiger partial charge in [-0.3, -0.25) is 4.99 Å². The number of aliphatic imine (C=N–C) groups is 1. The first-order chi connectivity index (χ1) is 19.1. The summed E-state index contributed by atoms with van der Waals surface area (Å²) in [6, 6.07) is 33.4. The van der Waals surface area contributed by atoms with Gasteiger partial charge in [0.25, 0.3) is 0 Å². The zero-order chi connectivity index (χ0) is 26.8. The van der Waals surface area contributed by atoms with E-state index in [1.807, 2.05) is 97.1 Å².